The molecule has 0 aromatic heterocycles. The molecule has 2 aromatic rings. The van der Waals surface area contributed by atoms with Crippen LogP contribution >= 0.6 is 0 Å². The zero-order chi connectivity index (χ0) is 28.9. The van der Waals surface area contributed by atoms with E-state index >= 15 is 0 Å². The Morgan fingerprint density at radius 1 is 0.846 bits per heavy atom. The lowest BCUT2D eigenvalue weighted by molar-refractivity contribution is -0.157. The smallest absolute Gasteiger partial charge is 0.408 e. The van der Waals surface area contributed by atoms with Gasteiger partial charge in [0.2, 0.25) is 0 Å². The molecule has 0 fully saturated rings. The second-order valence-electron chi connectivity index (χ2n) is 10.8. The van der Waals surface area contributed by atoms with E-state index in [0.717, 1.165) is 22.3 Å². The number of carboxylic acids is 1. The van der Waals surface area contributed by atoms with Crippen molar-refractivity contribution in [2.24, 2.45) is 5.92 Å². The largest absolute Gasteiger partial charge is 0.480 e. The molecule has 0 unspecified atom stereocenters. The molecule has 2 amide bonds. The normalized spacial score (nSPS) is 14.8. The van der Waals surface area contributed by atoms with Crippen LogP contribution in [-0.4, -0.2) is 59.6 Å². The molecule has 2 aromatic carbocycles. The predicted octanol–water partition coefficient (Wildman–Crippen LogP) is 4.46. The zero-order valence-electron chi connectivity index (χ0n) is 23.0. The highest BCUT2D eigenvalue weighted by Gasteiger charge is 2.35. The van der Waals surface area contributed by atoms with Crippen LogP contribution in [0.4, 0.5) is 9.59 Å². The molecule has 39 heavy (non-hydrogen) atoms. The molecule has 0 heterocycles. The highest BCUT2D eigenvalue weighted by atomic mass is 16.6. The number of rotatable bonds is 9. The van der Waals surface area contributed by atoms with Gasteiger partial charge in [0.05, 0.1) is 0 Å². The van der Waals surface area contributed by atoms with Crippen LogP contribution in [0.2, 0.25) is 0 Å². The van der Waals surface area contributed by atoms with Gasteiger partial charge in [-0.1, -0.05) is 62.4 Å². The Morgan fingerprint density at radius 3 is 1.85 bits per heavy atom. The van der Waals surface area contributed by atoms with E-state index in [1.807, 2.05) is 48.5 Å². The number of carbonyl (C=O) groups is 4. The van der Waals surface area contributed by atoms with Crippen molar-refractivity contribution in [3.63, 3.8) is 0 Å². The summed E-state index contributed by atoms with van der Waals surface area (Å²) in [6, 6.07) is 13.2. The maximum absolute atomic E-state index is 12.9. The van der Waals surface area contributed by atoms with E-state index < -0.39 is 53.8 Å². The quantitative estimate of drug-likeness (QED) is 0.313. The Morgan fingerprint density at radius 2 is 1.36 bits per heavy atom. The molecular formula is C29H36N2O8. The minimum Gasteiger partial charge on any atom is -0.480 e. The topological polar surface area (TPSA) is 140 Å². The van der Waals surface area contributed by atoms with Crippen molar-refractivity contribution in [2.45, 2.75) is 71.2 Å². The molecular weight excluding hydrogens is 504 g/mol. The van der Waals surface area contributed by atoms with Crippen molar-refractivity contribution < 1.29 is 38.5 Å². The van der Waals surface area contributed by atoms with Crippen LogP contribution in [0.15, 0.2) is 48.5 Å². The fraction of sp³-hybridized carbons (Fsp3) is 0.448. The van der Waals surface area contributed by atoms with Crippen molar-refractivity contribution in [3.05, 3.63) is 59.7 Å². The van der Waals surface area contributed by atoms with Crippen molar-refractivity contribution in [1.82, 2.24) is 10.6 Å². The number of fused-ring (bicyclic) bond motifs is 3. The SMILES string of the molecule is CC(C)[C@@H](NC(=O)OCC1c2ccccc2-c2ccccc21)C(=O)O[C@@H](C)[C@@H](NC(=O)OC(C)(C)C)C(=O)O. The monoisotopic (exact) mass is 540 g/mol. The third-order valence-electron chi connectivity index (χ3n) is 6.25. The fourth-order valence-electron chi connectivity index (χ4n) is 4.40. The molecule has 0 radical (unpaired) electrons. The summed E-state index contributed by atoms with van der Waals surface area (Å²) in [6.45, 7) is 9.70. The molecule has 0 saturated heterocycles. The van der Waals surface area contributed by atoms with Crippen LogP contribution in [0.5, 0.6) is 0 Å². The molecule has 210 valence electrons. The Bertz CT molecular complexity index is 1170. The van der Waals surface area contributed by atoms with Gasteiger partial charge < -0.3 is 30.0 Å². The second kappa shape index (κ2) is 12.2. The van der Waals surface area contributed by atoms with Crippen LogP contribution in [0, 0.1) is 5.92 Å². The summed E-state index contributed by atoms with van der Waals surface area (Å²) in [7, 11) is 0. The van der Waals surface area contributed by atoms with Gasteiger partial charge in [0.1, 0.15) is 24.4 Å². The van der Waals surface area contributed by atoms with E-state index in [4.69, 9.17) is 14.2 Å². The molecule has 10 nitrogen and oxygen atoms in total. The van der Waals surface area contributed by atoms with Crippen LogP contribution in [0.3, 0.4) is 0 Å². The van der Waals surface area contributed by atoms with Gasteiger partial charge >= 0.3 is 24.1 Å². The van der Waals surface area contributed by atoms with Gasteiger partial charge in [0, 0.05) is 5.92 Å². The number of carbonyl (C=O) groups excluding carboxylic acids is 3. The van der Waals surface area contributed by atoms with E-state index in [-0.39, 0.29) is 12.5 Å². The van der Waals surface area contributed by atoms with Crippen molar-refractivity contribution in [2.75, 3.05) is 6.61 Å². The highest BCUT2D eigenvalue weighted by Crippen LogP contribution is 2.44. The van der Waals surface area contributed by atoms with E-state index in [2.05, 4.69) is 10.6 Å². The first-order valence-electron chi connectivity index (χ1n) is 12.8. The van der Waals surface area contributed by atoms with Gasteiger partial charge in [0.15, 0.2) is 6.04 Å². The van der Waals surface area contributed by atoms with Gasteiger partial charge in [-0.25, -0.2) is 19.2 Å². The Balaban J connectivity index is 1.62. The molecule has 3 rings (SSSR count). The number of aliphatic carboxylic acids is 1. The summed E-state index contributed by atoms with van der Waals surface area (Å²) in [5, 5.41) is 14.3. The molecule has 3 atom stereocenters. The van der Waals surface area contributed by atoms with E-state index in [0.29, 0.717) is 0 Å². The van der Waals surface area contributed by atoms with Gasteiger partial charge in [-0.3, -0.25) is 0 Å². The van der Waals surface area contributed by atoms with Crippen molar-refractivity contribution >= 4 is 24.1 Å². The number of alkyl carbamates (subject to hydrolysis) is 2. The second-order valence-corrected chi connectivity index (χ2v) is 10.8. The Hall–Kier alpha value is -4.08. The van der Waals surface area contributed by atoms with Crippen molar-refractivity contribution in [1.29, 1.82) is 0 Å². The average molecular weight is 541 g/mol. The first kappa shape index (κ1) is 29.5. The number of hydrogen-bond donors (Lipinski definition) is 3. The van der Waals surface area contributed by atoms with Gasteiger partial charge in [0.25, 0.3) is 0 Å². The van der Waals surface area contributed by atoms with Crippen molar-refractivity contribution in [3.8, 4) is 11.1 Å². The summed E-state index contributed by atoms with van der Waals surface area (Å²) in [5.74, 6) is -2.81. The summed E-state index contributed by atoms with van der Waals surface area (Å²) < 4.78 is 16.0. The lowest BCUT2D eigenvalue weighted by atomic mass is 9.98. The summed E-state index contributed by atoms with van der Waals surface area (Å²) >= 11 is 0. The number of ether oxygens (including phenoxy) is 3. The molecule has 0 bridgehead atoms. The molecule has 0 saturated carbocycles. The molecule has 0 spiro atoms. The van der Waals surface area contributed by atoms with Crippen LogP contribution < -0.4 is 10.6 Å². The molecule has 1 aliphatic rings. The lowest BCUT2D eigenvalue weighted by Crippen LogP contribution is -2.53. The van der Waals surface area contributed by atoms with Gasteiger partial charge in [-0.15, -0.1) is 0 Å². The third-order valence-corrected chi connectivity index (χ3v) is 6.25. The Kier molecular flexibility index (Phi) is 9.21. The predicted molar refractivity (Wildman–Crippen MR) is 143 cm³/mol. The minimum absolute atomic E-state index is 0.0665. The number of amides is 2. The van der Waals surface area contributed by atoms with Gasteiger partial charge in [-0.2, -0.15) is 0 Å². The summed E-state index contributed by atoms with van der Waals surface area (Å²) in [4.78, 5) is 49.5. The first-order valence-corrected chi connectivity index (χ1v) is 12.8. The van der Waals surface area contributed by atoms with E-state index in [9.17, 15) is 24.3 Å². The maximum atomic E-state index is 12.9. The third kappa shape index (κ3) is 7.49. The van der Waals surface area contributed by atoms with E-state index in [1.54, 1.807) is 34.6 Å². The standard InChI is InChI=1S/C29H36N2O8/c1-16(2)23(26(34)38-17(3)24(25(32)33)31-28(36)39-29(4,5)6)30-27(35)37-15-22-20-13-9-7-11-18(20)19-12-8-10-14-21(19)22/h7-14,16-17,22-24H,15H2,1-6H3,(H,30,35)(H,31,36)(H,32,33)/t17-,23+,24+/m0/s1. The molecule has 10 heteroatoms. The number of carboxylic acid groups (broad SMARTS) is 1. The van der Waals surface area contributed by atoms with E-state index in [1.165, 1.54) is 6.92 Å². The number of esters is 1. The average Bonchev–Trinajstić information content (AvgIpc) is 3.16. The number of nitrogens with one attached hydrogen (secondary N) is 2. The minimum atomic E-state index is -1.56. The summed E-state index contributed by atoms with van der Waals surface area (Å²) in [5.41, 5.74) is 3.44. The lowest BCUT2D eigenvalue weighted by Gasteiger charge is -2.27. The molecule has 1 aliphatic carbocycles. The Labute approximate surface area is 228 Å². The number of hydrogen-bond acceptors (Lipinski definition) is 7. The fourth-order valence-corrected chi connectivity index (χ4v) is 4.40. The van der Waals surface area contributed by atoms with Gasteiger partial charge in [-0.05, 0) is 55.9 Å². The zero-order valence-corrected chi connectivity index (χ0v) is 23.0. The molecule has 0 aliphatic heterocycles. The molecule has 3 N–H and O–H groups in total. The van der Waals surface area contributed by atoms with Crippen LogP contribution in [0.25, 0.3) is 11.1 Å². The van der Waals surface area contributed by atoms with Crippen LogP contribution in [-0.2, 0) is 23.8 Å². The first-order chi connectivity index (χ1) is 18.3. The highest BCUT2D eigenvalue weighted by molar-refractivity contribution is 5.84. The number of benzene rings is 2. The van der Waals surface area contributed by atoms with Crippen LogP contribution in [0.1, 0.15) is 58.6 Å². The maximum Gasteiger partial charge on any atom is 0.408 e. The summed E-state index contributed by atoms with van der Waals surface area (Å²) in [6.07, 6.45) is -3.02.